The molecule has 0 amide bonds. The lowest BCUT2D eigenvalue weighted by Gasteiger charge is -2.35. The third-order valence-electron chi connectivity index (χ3n) is 3.22. The molecule has 86 valence electrons. The van der Waals surface area contributed by atoms with Crippen LogP contribution in [0.3, 0.4) is 0 Å². The van der Waals surface area contributed by atoms with Crippen molar-refractivity contribution < 1.29 is 14.3 Å². The number of ether oxygens (including phenoxy) is 1. The van der Waals surface area contributed by atoms with Crippen molar-refractivity contribution in [3.63, 3.8) is 0 Å². The molecular weight excluding hydrogens is 192 g/mol. The maximum Gasteiger partial charge on any atom is 0.0935 e. The fraction of sp³-hybridized carbons (Fsp3) is 0.667. The van der Waals surface area contributed by atoms with Gasteiger partial charge in [0.15, 0.2) is 0 Å². The van der Waals surface area contributed by atoms with Crippen LogP contribution in [0, 0.1) is 0 Å². The standard InChI is InChI=1S/C12H20O3/c1-4-12(5-2,14-3)11(13)8-10-6-7-15-9-10/h6-7,9,11,13H,4-5,8H2,1-3H3. The molecule has 1 heterocycles. The molecule has 0 bridgehead atoms. The Hall–Kier alpha value is -0.800. The number of hydrogen-bond donors (Lipinski definition) is 1. The summed E-state index contributed by atoms with van der Waals surface area (Å²) < 4.78 is 10.4. The largest absolute Gasteiger partial charge is 0.472 e. The van der Waals surface area contributed by atoms with E-state index in [9.17, 15) is 5.11 Å². The van der Waals surface area contributed by atoms with Gasteiger partial charge in [-0.1, -0.05) is 13.8 Å². The van der Waals surface area contributed by atoms with Crippen molar-refractivity contribution >= 4 is 0 Å². The van der Waals surface area contributed by atoms with Gasteiger partial charge in [-0.3, -0.25) is 0 Å². The summed E-state index contributed by atoms with van der Waals surface area (Å²) in [6, 6.07) is 1.87. The van der Waals surface area contributed by atoms with E-state index >= 15 is 0 Å². The van der Waals surface area contributed by atoms with Gasteiger partial charge < -0.3 is 14.3 Å². The van der Waals surface area contributed by atoms with Crippen molar-refractivity contribution in [2.24, 2.45) is 0 Å². The predicted octanol–water partition coefficient (Wildman–Crippen LogP) is 2.39. The number of furan rings is 1. The van der Waals surface area contributed by atoms with Crippen LogP contribution < -0.4 is 0 Å². The number of methoxy groups -OCH3 is 1. The van der Waals surface area contributed by atoms with Crippen LogP contribution >= 0.6 is 0 Å². The highest BCUT2D eigenvalue weighted by molar-refractivity contribution is 5.08. The Morgan fingerprint density at radius 1 is 1.47 bits per heavy atom. The molecule has 1 N–H and O–H groups in total. The van der Waals surface area contributed by atoms with E-state index in [0.29, 0.717) is 6.42 Å². The molecule has 0 aliphatic carbocycles. The van der Waals surface area contributed by atoms with Crippen LogP contribution in [-0.2, 0) is 11.2 Å². The molecule has 0 aromatic carbocycles. The van der Waals surface area contributed by atoms with Gasteiger partial charge in [0.05, 0.1) is 24.2 Å². The van der Waals surface area contributed by atoms with Crippen LogP contribution in [0.4, 0.5) is 0 Å². The number of aliphatic hydroxyl groups excluding tert-OH is 1. The zero-order valence-corrected chi connectivity index (χ0v) is 9.69. The molecular formula is C12H20O3. The Morgan fingerprint density at radius 3 is 2.53 bits per heavy atom. The van der Waals surface area contributed by atoms with Gasteiger partial charge in [0.2, 0.25) is 0 Å². The molecule has 1 aromatic heterocycles. The van der Waals surface area contributed by atoms with Crippen LogP contribution in [0.1, 0.15) is 32.3 Å². The lowest BCUT2D eigenvalue weighted by molar-refractivity contribution is -0.106. The highest BCUT2D eigenvalue weighted by atomic mass is 16.5. The second-order valence-electron chi connectivity index (χ2n) is 3.83. The molecule has 15 heavy (non-hydrogen) atoms. The maximum atomic E-state index is 10.2. The summed E-state index contributed by atoms with van der Waals surface area (Å²) in [5.41, 5.74) is 0.572. The van der Waals surface area contributed by atoms with E-state index in [1.54, 1.807) is 19.6 Å². The first kappa shape index (κ1) is 12.3. The van der Waals surface area contributed by atoms with Gasteiger partial charge in [-0.15, -0.1) is 0 Å². The van der Waals surface area contributed by atoms with Crippen molar-refractivity contribution in [1.29, 1.82) is 0 Å². The summed E-state index contributed by atoms with van der Waals surface area (Å²) in [6.45, 7) is 4.07. The molecule has 0 fully saturated rings. The Kier molecular flexibility index (Phi) is 4.36. The summed E-state index contributed by atoms with van der Waals surface area (Å²) in [5.74, 6) is 0. The van der Waals surface area contributed by atoms with Gasteiger partial charge in [0, 0.05) is 13.5 Å². The SMILES string of the molecule is CCC(CC)(OC)C(O)Cc1ccoc1. The van der Waals surface area contributed by atoms with E-state index in [0.717, 1.165) is 18.4 Å². The van der Waals surface area contributed by atoms with E-state index in [-0.39, 0.29) is 0 Å². The molecule has 0 aliphatic heterocycles. The average molecular weight is 212 g/mol. The smallest absolute Gasteiger partial charge is 0.0935 e. The zero-order chi connectivity index (χ0) is 11.3. The minimum absolute atomic E-state index is 0.433. The Labute approximate surface area is 91.1 Å². The Morgan fingerprint density at radius 2 is 2.13 bits per heavy atom. The van der Waals surface area contributed by atoms with E-state index in [1.807, 2.05) is 19.9 Å². The fourth-order valence-corrected chi connectivity index (χ4v) is 1.96. The highest BCUT2D eigenvalue weighted by Gasteiger charge is 2.34. The quantitative estimate of drug-likeness (QED) is 0.787. The molecule has 1 unspecified atom stereocenters. The van der Waals surface area contributed by atoms with E-state index in [4.69, 9.17) is 9.15 Å². The molecule has 3 heteroatoms. The van der Waals surface area contributed by atoms with Crippen molar-refractivity contribution in [3.8, 4) is 0 Å². The molecule has 1 aromatic rings. The summed E-state index contributed by atoms with van der Waals surface area (Å²) in [5, 5.41) is 10.2. The lowest BCUT2D eigenvalue weighted by Crippen LogP contribution is -2.44. The van der Waals surface area contributed by atoms with E-state index in [1.165, 1.54) is 0 Å². The van der Waals surface area contributed by atoms with Gasteiger partial charge in [-0.05, 0) is 24.5 Å². The van der Waals surface area contributed by atoms with Crippen molar-refractivity contribution in [2.45, 2.75) is 44.8 Å². The maximum absolute atomic E-state index is 10.2. The Bertz CT molecular complexity index is 254. The number of hydrogen-bond acceptors (Lipinski definition) is 3. The molecule has 1 atom stereocenters. The van der Waals surface area contributed by atoms with Gasteiger partial charge >= 0.3 is 0 Å². The highest BCUT2D eigenvalue weighted by Crippen LogP contribution is 2.26. The first-order valence-electron chi connectivity index (χ1n) is 5.42. The summed E-state index contributed by atoms with van der Waals surface area (Å²) in [7, 11) is 1.66. The number of rotatable bonds is 6. The topological polar surface area (TPSA) is 42.6 Å². The molecule has 1 rings (SSSR count). The predicted molar refractivity (Wildman–Crippen MR) is 58.7 cm³/mol. The van der Waals surface area contributed by atoms with Crippen molar-refractivity contribution in [2.75, 3.05) is 7.11 Å². The van der Waals surface area contributed by atoms with Gasteiger partial charge in [-0.25, -0.2) is 0 Å². The minimum atomic E-state index is -0.491. The van der Waals surface area contributed by atoms with Crippen LogP contribution in [-0.4, -0.2) is 23.9 Å². The summed E-state index contributed by atoms with van der Waals surface area (Å²) in [4.78, 5) is 0. The fourth-order valence-electron chi connectivity index (χ4n) is 1.96. The molecule has 0 saturated carbocycles. The monoisotopic (exact) mass is 212 g/mol. The van der Waals surface area contributed by atoms with Gasteiger partial charge in [-0.2, -0.15) is 0 Å². The lowest BCUT2D eigenvalue weighted by atomic mass is 9.87. The van der Waals surface area contributed by atoms with Gasteiger partial charge in [0.1, 0.15) is 0 Å². The third kappa shape index (κ3) is 2.61. The molecule has 0 aliphatic rings. The van der Waals surface area contributed by atoms with Crippen LogP contribution in [0.25, 0.3) is 0 Å². The second-order valence-corrected chi connectivity index (χ2v) is 3.83. The molecule has 0 saturated heterocycles. The van der Waals surface area contributed by atoms with Crippen LogP contribution in [0.15, 0.2) is 23.0 Å². The van der Waals surface area contributed by atoms with Crippen molar-refractivity contribution in [1.82, 2.24) is 0 Å². The first-order chi connectivity index (χ1) is 7.18. The summed E-state index contributed by atoms with van der Waals surface area (Å²) >= 11 is 0. The zero-order valence-electron chi connectivity index (χ0n) is 9.69. The minimum Gasteiger partial charge on any atom is -0.472 e. The molecule has 3 nitrogen and oxygen atoms in total. The van der Waals surface area contributed by atoms with Crippen LogP contribution in [0.5, 0.6) is 0 Å². The molecule has 0 spiro atoms. The third-order valence-corrected chi connectivity index (χ3v) is 3.22. The number of aliphatic hydroxyl groups is 1. The van der Waals surface area contributed by atoms with Crippen molar-refractivity contribution in [3.05, 3.63) is 24.2 Å². The second kappa shape index (κ2) is 5.33. The van der Waals surface area contributed by atoms with Gasteiger partial charge in [0.25, 0.3) is 0 Å². The normalized spacial score (nSPS) is 14.1. The first-order valence-corrected chi connectivity index (χ1v) is 5.42. The van der Waals surface area contributed by atoms with E-state index in [2.05, 4.69) is 0 Å². The van der Waals surface area contributed by atoms with E-state index < -0.39 is 11.7 Å². The average Bonchev–Trinajstić information content (AvgIpc) is 2.74. The Balaban J connectivity index is 2.68. The summed E-state index contributed by atoms with van der Waals surface area (Å²) in [6.07, 6.45) is 4.98. The van der Waals surface area contributed by atoms with Crippen LogP contribution in [0.2, 0.25) is 0 Å². The molecule has 0 radical (unpaired) electrons.